The number of rotatable bonds is 5. The number of halogens is 3. The van der Waals surface area contributed by atoms with Crippen LogP contribution in [0.25, 0.3) is 0 Å². The molecule has 2 aromatic rings. The van der Waals surface area contributed by atoms with Crippen molar-refractivity contribution in [2.45, 2.75) is 25.6 Å². The number of H-pyrrole nitrogens is 1. The van der Waals surface area contributed by atoms with E-state index in [0.717, 1.165) is 5.82 Å². The van der Waals surface area contributed by atoms with E-state index in [1.165, 1.54) is 0 Å². The van der Waals surface area contributed by atoms with Gasteiger partial charge in [0.2, 0.25) is 0 Å². The highest BCUT2D eigenvalue weighted by atomic mass is 19.4. The lowest BCUT2D eigenvalue weighted by Crippen LogP contribution is -2.10. The Kier molecular flexibility index (Phi) is 4.09. The minimum atomic E-state index is -4.13. The van der Waals surface area contributed by atoms with Crippen LogP contribution >= 0.6 is 0 Å². The Hall–Kier alpha value is -1.98. The Morgan fingerprint density at radius 2 is 2.00 bits per heavy atom. The average Bonchev–Trinajstić information content (AvgIpc) is 2.87. The molecule has 0 saturated heterocycles. The molecule has 19 heavy (non-hydrogen) atoms. The highest BCUT2D eigenvalue weighted by molar-refractivity contribution is 5.51. The maximum atomic E-state index is 12.2. The normalized spacial score (nSPS) is 11.5. The maximum absolute atomic E-state index is 12.2. The maximum Gasteiger partial charge on any atom is 0.389 e. The van der Waals surface area contributed by atoms with Gasteiger partial charge in [0.15, 0.2) is 0 Å². The van der Waals surface area contributed by atoms with Gasteiger partial charge in [0.1, 0.15) is 5.82 Å². The van der Waals surface area contributed by atoms with Gasteiger partial charge in [0.25, 0.3) is 0 Å². The standard InChI is InChI=1S/C13H14F3N3/c14-13(15,16)6-5-10-3-1-2-4-11(10)19-9-12-17-7-8-18-12/h1-4,7-8,19H,5-6,9H2,(H,17,18). The molecule has 2 N–H and O–H groups in total. The predicted molar refractivity (Wildman–Crippen MR) is 66.7 cm³/mol. The molecule has 2 rings (SSSR count). The molecule has 0 aliphatic carbocycles. The molecule has 0 radical (unpaired) electrons. The van der Waals surface area contributed by atoms with Crippen LogP contribution in [0.2, 0.25) is 0 Å². The summed E-state index contributed by atoms with van der Waals surface area (Å²) in [6.07, 6.45) is -1.63. The van der Waals surface area contributed by atoms with Gasteiger partial charge in [-0.15, -0.1) is 0 Å². The number of imidazole rings is 1. The van der Waals surface area contributed by atoms with E-state index < -0.39 is 12.6 Å². The Bertz CT molecular complexity index is 506. The van der Waals surface area contributed by atoms with Gasteiger partial charge < -0.3 is 10.3 Å². The fourth-order valence-corrected chi connectivity index (χ4v) is 1.76. The highest BCUT2D eigenvalue weighted by Crippen LogP contribution is 2.25. The van der Waals surface area contributed by atoms with Gasteiger partial charge in [-0.2, -0.15) is 13.2 Å². The molecule has 6 heteroatoms. The minimum Gasteiger partial charge on any atom is -0.378 e. The zero-order valence-electron chi connectivity index (χ0n) is 10.2. The Morgan fingerprint density at radius 3 is 2.68 bits per heavy atom. The number of anilines is 1. The van der Waals surface area contributed by atoms with E-state index in [9.17, 15) is 13.2 Å². The number of nitrogens with one attached hydrogen (secondary N) is 2. The van der Waals surface area contributed by atoms with Crippen molar-refractivity contribution in [2.24, 2.45) is 0 Å². The van der Waals surface area contributed by atoms with Crippen LogP contribution in [0.15, 0.2) is 36.7 Å². The van der Waals surface area contributed by atoms with Crippen molar-refractivity contribution in [1.82, 2.24) is 9.97 Å². The van der Waals surface area contributed by atoms with Crippen LogP contribution in [0.4, 0.5) is 18.9 Å². The summed E-state index contributed by atoms with van der Waals surface area (Å²) >= 11 is 0. The molecule has 0 aliphatic rings. The molecule has 0 bridgehead atoms. The fraction of sp³-hybridized carbons (Fsp3) is 0.308. The van der Waals surface area contributed by atoms with E-state index in [-0.39, 0.29) is 6.42 Å². The third-order valence-electron chi connectivity index (χ3n) is 2.70. The number of aromatic nitrogens is 2. The number of benzene rings is 1. The molecule has 1 aromatic heterocycles. The van der Waals surface area contributed by atoms with E-state index in [1.807, 2.05) is 0 Å². The third-order valence-corrected chi connectivity index (χ3v) is 2.70. The molecule has 0 unspecified atom stereocenters. The van der Waals surface area contributed by atoms with Crippen LogP contribution in [0.1, 0.15) is 17.8 Å². The summed E-state index contributed by atoms with van der Waals surface area (Å²) in [5.41, 5.74) is 1.37. The second-order valence-corrected chi connectivity index (χ2v) is 4.16. The molecule has 0 aliphatic heterocycles. The Labute approximate surface area is 108 Å². The summed E-state index contributed by atoms with van der Waals surface area (Å²) in [6, 6.07) is 7.01. The van der Waals surface area contributed by atoms with Crippen molar-refractivity contribution in [3.63, 3.8) is 0 Å². The van der Waals surface area contributed by atoms with Gasteiger partial charge in [-0.3, -0.25) is 0 Å². The van der Waals surface area contributed by atoms with Gasteiger partial charge in [-0.05, 0) is 18.1 Å². The average molecular weight is 269 g/mol. The lowest BCUT2D eigenvalue weighted by molar-refractivity contribution is -0.133. The molecular formula is C13H14F3N3. The van der Waals surface area contributed by atoms with Crippen LogP contribution in [-0.2, 0) is 13.0 Å². The molecule has 0 atom stereocenters. The predicted octanol–water partition coefficient (Wildman–Crippen LogP) is 3.52. The van der Waals surface area contributed by atoms with Crippen molar-refractivity contribution >= 4 is 5.69 Å². The second kappa shape index (κ2) is 5.77. The van der Waals surface area contributed by atoms with Crippen molar-refractivity contribution in [3.05, 3.63) is 48.0 Å². The van der Waals surface area contributed by atoms with E-state index >= 15 is 0 Å². The largest absolute Gasteiger partial charge is 0.389 e. The molecular weight excluding hydrogens is 255 g/mol. The summed E-state index contributed by atoms with van der Waals surface area (Å²) in [6.45, 7) is 0.454. The fourth-order valence-electron chi connectivity index (χ4n) is 1.76. The number of alkyl halides is 3. The summed E-state index contributed by atoms with van der Waals surface area (Å²) in [4.78, 5) is 6.98. The molecule has 102 valence electrons. The lowest BCUT2D eigenvalue weighted by Gasteiger charge is -2.12. The first-order valence-corrected chi connectivity index (χ1v) is 5.91. The van der Waals surface area contributed by atoms with E-state index in [4.69, 9.17) is 0 Å². The number of aryl methyl sites for hydroxylation is 1. The number of aromatic amines is 1. The first-order valence-electron chi connectivity index (χ1n) is 5.91. The van der Waals surface area contributed by atoms with Crippen molar-refractivity contribution in [2.75, 3.05) is 5.32 Å². The van der Waals surface area contributed by atoms with Gasteiger partial charge in [-0.25, -0.2) is 4.98 Å². The zero-order valence-corrected chi connectivity index (χ0v) is 10.2. The smallest absolute Gasteiger partial charge is 0.378 e. The summed E-state index contributed by atoms with van der Waals surface area (Å²) < 4.78 is 36.7. The number of para-hydroxylation sites is 1. The summed E-state index contributed by atoms with van der Waals surface area (Å²) in [5.74, 6) is 0.741. The number of hydrogen-bond acceptors (Lipinski definition) is 2. The highest BCUT2D eigenvalue weighted by Gasteiger charge is 2.26. The van der Waals surface area contributed by atoms with Gasteiger partial charge in [0, 0.05) is 24.5 Å². The van der Waals surface area contributed by atoms with Gasteiger partial charge >= 0.3 is 6.18 Å². The van der Waals surface area contributed by atoms with Crippen molar-refractivity contribution in [3.8, 4) is 0 Å². The molecule has 3 nitrogen and oxygen atoms in total. The topological polar surface area (TPSA) is 40.7 Å². The lowest BCUT2D eigenvalue weighted by atomic mass is 10.1. The first kappa shape index (κ1) is 13.5. The molecule has 1 aromatic carbocycles. The summed E-state index contributed by atoms with van der Waals surface area (Å²) in [5, 5.41) is 3.09. The van der Waals surface area contributed by atoms with Crippen LogP contribution in [-0.4, -0.2) is 16.1 Å². The second-order valence-electron chi connectivity index (χ2n) is 4.16. The molecule has 0 spiro atoms. The van der Waals surface area contributed by atoms with Crippen LogP contribution in [0.3, 0.4) is 0 Å². The van der Waals surface area contributed by atoms with Crippen molar-refractivity contribution < 1.29 is 13.2 Å². The number of hydrogen-bond donors (Lipinski definition) is 2. The monoisotopic (exact) mass is 269 g/mol. The van der Waals surface area contributed by atoms with Crippen LogP contribution in [0, 0.1) is 0 Å². The molecule has 0 saturated carbocycles. The number of nitrogens with zero attached hydrogens (tertiary/aromatic N) is 1. The molecule has 1 heterocycles. The summed E-state index contributed by atoms with van der Waals surface area (Å²) in [7, 11) is 0. The van der Waals surface area contributed by atoms with Gasteiger partial charge in [0.05, 0.1) is 6.54 Å². The van der Waals surface area contributed by atoms with E-state index in [2.05, 4.69) is 15.3 Å². The first-order chi connectivity index (χ1) is 9.04. The van der Waals surface area contributed by atoms with Crippen LogP contribution in [0.5, 0.6) is 0 Å². The minimum absolute atomic E-state index is 0.0230. The van der Waals surface area contributed by atoms with Crippen LogP contribution < -0.4 is 5.32 Å². The molecule has 0 fully saturated rings. The van der Waals surface area contributed by atoms with Gasteiger partial charge in [-0.1, -0.05) is 18.2 Å². The Morgan fingerprint density at radius 1 is 1.21 bits per heavy atom. The Balaban J connectivity index is 1.99. The third kappa shape index (κ3) is 4.31. The SMILES string of the molecule is FC(F)(F)CCc1ccccc1NCc1ncc[nH]1. The van der Waals surface area contributed by atoms with E-state index in [0.29, 0.717) is 17.8 Å². The van der Waals surface area contributed by atoms with E-state index in [1.54, 1.807) is 36.7 Å². The molecule has 0 amide bonds. The quantitative estimate of drug-likeness (QED) is 0.872. The zero-order chi connectivity index (χ0) is 13.7. The van der Waals surface area contributed by atoms with Crippen molar-refractivity contribution in [1.29, 1.82) is 0 Å².